The summed E-state index contributed by atoms with van der Waals surface area (Å²) in [5.74, 6) is 0.951. The van der Waals surface area contributed by atoms with E-state index < -0.39 is 0 Å². The number of rotatable bonds is 10. The summed E-state index contributed by atoms with van der Waals surface area (Å²) in [6.45, 7) is 3.06. The molecule has 4 rings (SSSR count). The maximum Gasteiger partial charge on any atom is 0.268 e. The second-order valence-corrected chi connectivity index (χ2v) is 8.83. The van der Waals surface area contributed by atoms with Crippen molar-refractivity contribution in [3.8, 4) is 5.75 Å². The van der Waals surface area contributed by atoms with E-state index in [-0.39, 0.29) is 11.8 Å². The van der Waals surface area contributed by atoms with Crippen LogP contribution >= 0.6 is 11.8 Å². The molecule has 5 heteroatoms. The van der Waals surface area contributed by atoms with Crippen LogP contribution in [0.5, 0.6) is 5.75 Å². The van der Waals surface area contributed by atoms with Gasteiger partial charge in [-0.05, 0) is 41.7 Å². The van der Waals surface area contributed by atoms with Gasteiger partial charge in [0.15, 0.2) is 0 Å². The zero-order valence-corrected chi connectivity index (χ0v) is 19.5. The molecule has 168 valence electrons. The highest BCUT2D eigenvalue weighted by Crippen LogP contribution is 2.38. The molecule has 3 aromatic rings. The Morgan fingerprint density at radius 1 is 0.788 bits per heavy atom. The number of imide groups is 1. The first-order valence-corrected chi connectivity index (χ1v) is 12.2. The fourth-order valence-corrected chi connectivity index (χ4v) is 4.79. The Labute approximate surface area is 199 Å². The number of thioether (sulfide) groups is 1. The first-order valence-electron chi connectivity index (χ1n) is 11.2. The van der Waals surface area contributed by atoms with Gasteiger partial charge in [0.2, 0.25) is 0 Å². The molecule has 0 aliphatic carbocycles. The Balaban J connectivity index is 1.59. The normalized spacial score (nSPS) is 13.7. The number of benzene rings is 3. The van der Waals surface area contributed by atoms with Crippen molar-refractivity contribution in [1.29, 1.82) is 0 Å². The third-order valence-corrected chi connectivity index (χ3v) is 6.58. The lowest BCUT2D eigenvalue weighted by molar-refractivity contribution is -0.136. The highest BCUT2D eigenvalue weighted by Gasteiger charge is 2.38. The molecule has 1 aliphatic heterocycles. The summed E-state index contributed by atoms with van der Waals surface area (Å²) in [5, 5.41) is 0. The van der Waals surface area contributed by atoms with E-state index in [1.54, 1.807) is 0 Å². The van der Waals surface area contributed by atoms with Gasteiger partial charge >= 0.3 is 0 Å². The molecule has 3 aromatic carbocycles. The standard InChI is InChI=1S/C28H27NO3S/c1-2-19-32-24-15-13-23(14-16-24)25-26(33-20-22-11-7-4-8-12-22)28(31)29(27(25)30)18-17-21-9-5-3-6-10-21/h3-16H,2,17-20H2,1H3. The van der Waals surface area contributed by atoms with E-state index in [4.69, 9.17) is 4.74 Å². The van der Waals surface area contributed by atoms with Gasteiger partial charge in [-0.2, -0.15) is 0 Å². The number of carbonyl (C=O) groups excluding carboxylic acids is 2. The molecule has 0 N–H and O–H groups in total. The van der Waals surface area contributed by atoms with E-state index in [1.807, 2.05) is 84.9 Å². The van der Waals surface area contributed by atoms with Crippen LogP contribution in [0.15, 0.2) is 89.8 Å². The summed E-state index contributed by atoms with van der Waals surface area (Å²) >= 11 is 1.43. The number of carbonyl (C=O) groups is 2. The van der Waals surface area contributed by atoms with Gasteiger partial charge in [0, 0.05) is 12.3 Å². The van der Waals surface area contributed by atoms with Gasteiger partial charge in [-0.3, -0.25) is 14.5 Å². The lowest BCUT2D eigenvalue weighted by atomic mass is 10.1. The second-order valence-electron chi connectivity index (χ2n) is 7.85. The SMILES string of the molecule is CCCOc1ccc(C2=C(SCc3ccccc3)C(=O)N(CCc3ccccc3)C2=O)cc1. The molecule has 0 aromatic heterocycles. The molecule has 1 heterocycles. The van der Waals surface area contributed by atoms with Crippen LogP contribution in [0.1, 0.15) is 30.0 Å². The quantitative estimate of drug-likeness (QED) is 0.365. The predicted molar refractivity (Wildman–Crippen MR) is 134 cm³/mol. The van der Waals surface area contributed by atoms with Gasteiger partial charge in [0.05, 0.1) is 17.1 Å². The van der Waals surface area contributed by atoms with Crippen LogP contribution in [0, 0.1) is 0 Å². The summed E-state index contributed by atoms with van der Waals surface area (Å²) < 4.78 is 5.68. The van der Waals surface area contributed by atoms with Gasteiger partial charge in [-0.1, -0.05) is 79.7 Å². The molecule has 0 radical (unpaired) electrons. The average Bonchev–Trinajstić information content (AvgIpc) is 3.10. The first-order chi connectivity index (χ1) is 16.2. The van der Waals surface area contributed by atoms with E-state index in [1.165, 1.54) is 16.7 Å². The Bertz CT molecular complexity index is 1120. The largest absolute Gasteiger partial charge is 0.494 e. The molecule has 0 saturated heterocycles. The molecular weight excluding hydrogens is 430 g/mol. The van der Waals surface area contributed by atoms with Gasteiger partial charge < -0.3 is 4.74 Å². The van der Waals surface area contributed by atoms with Crippen LogP contribution in [-0.2, 0) is 21.8 Å². The smallest absolute Gasteiger partial charge is 0.268 e. The van der Waals surface area contributed by atoms with Gasteiger partial charge in [0.25, 0.3) is 11.8 Å². The van der Waals surface area contributed by atoms with E-state index in [9.17, 15) is 9.59 Å². The fraction of sp³-hybridized carbons (Fsp3) is 0.214. The van der Waals surface area contributed by atoms with E-state index >= 15 is 0 Å². The molecule has 0 spiro atoms. The summed E-state index contributed by atoms with van der Waals surface area (Å²) in [4.78, 5) is 28.7. The topological polar surface area (TPSA) is 46.6 Å². The van der Waals surface area contributed by atoms with Crippen LogP contribution in [0.3, 0.4) is 0 Å². The predicted octanol–water partition coefficient (Wildman–Crippen LogP) is 5.73. The van der Waals surface area contributed by atoms with Crippen molar-refractivity contribution in [3.05, 3.63) is 107 Å². The molecule has 0 bridgehead atoms. The highest BCUT2D eigenvalue weighted by molar-refractivity contribution is 8.03. The zero-order valence-electron chi connectivity index (χ0n) is 18.7. The molecule has 4 nitrogen and oxygen atoms in total. The van der Waals surface area contributed by atoms with Crippen molar-refractivity contribution < 1.29 is 14.3 Å². The molecule has 2 amide bonds. The molecule has 1 aliphatic rings. The molecule has 0 unspecified atom stereocenters. The van der Waals surface area contributed by atoms with E-state index in [0.29, 0.717) is 35.8 Å². The van der Waals surface area contributed by atoms with Crippen molar-refractivity contribution in [2.24, 2.45) is 0 Å². The molecule has 33 heavy (non-hydrogen) atoms. The van der Waals surface area contributed by atoms with Crippen molar-refractivity contribution in [1.82, 2.24) is 4.90 Å². The minimum absolute atomic E-state index is 0.210. The Kier molecular flexibility index (Phi) is 7.63. The molecular formula is C28H27NO3S. The van der Waals surface area contributed by atoms with Crippen molar-refractivity contribution in [3.63, 3.8) is 0 Å². The second kappa shape index (κ2) is 11.0. The van der Waals surface area contributed by atoms with Crippen molar-refractivity contribution in [2.45, 2.75) is 25.5 Å². The van der Waals surface area contributed by atoms with E-state index in [0.717, 1.165) is 28.9 Å². The Morgan fingerprint density at radius 3 is 2.06 bits per heavy atom. The lowest BCUT2D eigenvalue weighted by Crippen LogP contribution is -2.33. The average molecular weight is 458 g/mol. The van der Waals surface area contributed by atoms with E-state index in [2.05, 4.69) is 6.92 Å². The summed E-state index contributed by atoms with van der Waals surface area (Å²) in [6, 6.07) is 27.4. The molecule has 0 atom stereocenters. The number of ether oxygens (including phenoxy) is 1. The molecule has 0 saturated carbocycles. The van der Waals surface area contributed by atoms with Crippen molar-refractivity contribution in [2.75, 3.05) is 13.2 Å². The third-order valence-electron chi connectivity index (χ3n) is 5.43. The highest BCUT2D eigenvalue weighted by atomic mass is 32.2. The van der Waals surface area contributed by atoms with Gasteiger partial charge in [-0.15, -0.1) is 11.8 Å². The Hall–Kier alpha value is -3.31. The number of hydrogen-bond donors (Lipinski definition) is 0. The fourth-order valence-electron chi connectivity index (χ4n) is 3.70. The summed E-state index contributed by atoms with van der Waals surface area (Å²) in [6.07, 6.45) is 1.56. The van der Waals surface area contributed by atoms with Crippen LogP contribution < -0.4 is 4.74 Å². The maximum atomic E-state index is 13.4. The minimum atomic E-state index is -0.228. The van der Waals surface area contributed by atoms with Gasteiger partial charge in [0.1, 0.15) is 5.75 Å². The summed E-state index contributed by atoms with van der Waals surface area (Å²) in [5.41, 5.74) is 3.44. The van der Waals surface area contributed by atoms with Crippen LogP contribution in [-0.4, -0.2) is 29.9 Å². The number of nitrogens with zero attached hydrogens (tertiary/aromatic N) is 1. The lowest BCUT2D eigenvalue weighted by Gasteiger charge is -2.15. The van der Waals surface area contributed by atoms with Crippen LogP contribution in [0.25, 0.3) is 5.57 Å². The van der Waals surface area contributed by atoms with Crippen LogP contribution in [0.4, 0.5) is 0 Å². The summed E-state index contributed by atoms with van der Waals surface area (Å²) in [7, 11) is 0. The number of hydrogen-bond acceptors (Lipinski definition) is 4. The third kappa shape index (κ3) is 5.55. The maximum absolute atomic E-state index is 13.4. The number of amides is 2. The molecule has 0 fully saturated rings. The minimum Gasteiger partial charge on any atom is -0.494 e. The Morgan fingerprint density at radius 2 is 1.42 bits per heavy atom. The van der Waals surface area contributed by atoms with Crippen LogP contribution in [0.2, 0.25) is 0 Å². The van der Waals surface area contributed by atoms with Gasteiger partial charge in [-0.25, -0.2) is 0 Å². The first kappa shape index (κ1) is 22.9. The zero-order chi connectivity index (χ0) is 23.0. The van der Waals surface area contributed by atoms with Crippen molar-refractivity contribution >= 4 is 29.1 Å². The monoisotopic (exact) mass is 457 g/mol.